The van der Waals surface area contributed by atoms with E-state index in [-0.39, 0.29) is 31.0 Å². The van der Waals surface area contributed by atoms with Gasteiger partial charge in [0.25, 0.3) is 5.91 Å². The molecule has 25 heavy (non-hydrogen) atoms. The van der Waals surface area contributed by atoms with Crippen LogP contribution in [0.2, 0.25) is 0 Å². The van der Waals surface area contributed by atoms with Crippen LogP contribution in [0.25, 0.3) is 0 Å². The minimum absolute atomic E-state index is 0. The van der Waals surface area contributed by atoms with E-state index in [9.17, 15) is 4.79 Å². The number of carbonyl (C=O) groups excluding carboxylic acids is 1. The lowest BCUT2D eigenvalue weighted by atomic mass is 10.1. The molecular formula is C18H29ClN2O4. The molecule has 2 rings (SSSR count). The molecule has 1 amide bonds. The molecule has 6 nitrogen and oxygen atoms in total. The van der Waals surface area contributed by atoms with Crippen LogP contribution in [0.15, 0.2) is 24.3 Å². The maximum Gasteiger partial charge on any atom is 0.260 e. The highest BCUT2D eigenvalue weighted by Gasteiger charge is 2.23. The number of piperidine rings is 1. The standard InChI is InChI=1S/C18H28N2O4.ClH/c1-2-22-16-6-3-4-7-17(16)24-14-18(21)20-11-8-15(9-12-20)23-13-5-10-19;/h3-4,6-7,15H,2,5,8-14,19H2,1H3;1H. The van der Waals surface area contributed by atoms with Gasteiger partial charge in [-0.05, 0) is 44.9 Å². The van der Waals surface area contributed by atoms with Gasteiger partial charge in [0.05, 0.1) is 12.7 Å². The van der Waals surface area contributed by atoms with E-state index in [0.29, 0.717) is 44.3 Å². The summed E-state index contributed by atoms with van der Waals surface area (Å²) < 4.78 is 16.9. The Morgan fingerprint density at radius 1 is 1.20 bits per heavy atom. The van der Waals surface area contributed by atoms with E-state index < -0.39 is 0 Å². The number of halogens is 1. The van der Waals surface area contributed by atoms with Crippen molar-refractivity contribution in [3.05, 3.63) is 24.3 Å². The van der Waals surface area contributed by atoms with Gasteiger partial charge in [-0.2, -0.15) is 0 Å². The molecule has 0 radical (unpaired) electrons. The average Bonchev–Trinajstić information content (AvgIpc) is 2.62. The third-order valence-electron chi connectivity index (χ3n) is 4.00. The molecule has 2 N–H and O–H groups in total. The summed E-state index contributed by atoms with van der Waals surface area (Å²) in [5.41, 5.74) is 5.46. The zero-order valence-corrected chi connectivity index (χ0v) is 15.6. The Morgan fingerprint density at radius 2 is 1.84 bits per heavy atom. The summed E-state index contributed by atoms with van der Waals surface area (Å²) in [5, 5.41) is 0. The van der Waals surface area contributed by atoms with Crippen LogP contribution in [0.1, 0.15) is 26.2 Å². The molecule has 0 saturated carbocycles. The lowest BCUT2D eigenvalue weighted by molar-refractivity contribution is -0.136. The molecule has 1 aromatic carbocycles. The molecule has 1 saturated heterocycles. The number of hydrogen-bond acceptors (Lipinski definition) is 5. The fourth-order valence-electron chi connectivity index (χ4n) is 2.68. The zero-order chi connectivity index (χ0) is 17.2. The highest BCUT2D eigenvalue weighted by atomic mass is 35.5. The third-order valence-corrected chi connectivity index (χ3v) is 4.00. The van der Waals surface area contributed by atoms with E-state index in [1.807, 2.05) is 36.1 Å². The summed E-state index contributed by atoms with van der Waals surface area (Å²) in [6.45, 7) is 5.28. The normalized spacial score (nSPS) is 14.7. The molecular weight excluding hydrogens is 344 g/mol. The Hall–Kier alpha value is -1.50. The van der Waals surface area contributed by atoms with Crippen LogP contribution in [-0.4, -0.2) is 56.4 Å². The number of nitrogens with zero attached hydrogens (tertiary/aromatic N) is 1. The molecule has 0 spiro atoms. The highest BCUT2D eigenvalue weighted by molar-refractivity contribution is 5.85. The van der Waals surface area contributed by atoms with E-state index in [4.69, 9.17) is 19.9 Å². The molecule has 1 aliphatic rings. The second-order valence-electron chi connectivity index (χ2n) is 5.76. The van der Waals surface area contributed by atoms with Gasteiger partial charge in [-0.3, -0.25) is 4.79 Å². The largest absolute Gasteiger partial charge is 0.490 e. The molecule has 142 valence electrons. The van der Waals surface area contributed by atoms with Crippen molar-refractivity contribution in [3.63, 3.8) is 0 Å². The Kier molecular flexibility index (Phi) is 10.3. The second-order valence-corrected chi connectivity index (χ2v) is 5.76. The summed E-state index contributed by atoms with van der Waals surface area (Å²) in [4.78, 5) is 14.1. The number of hydrogen-bond donors (Lipinski definition) is 1. The predicted octanol–water partition coefficient (Wildman–Crippen LogP) is 2.24. The number of likely N-dealkylation sites (tertiary alicyclic amines) is 1. The van der Waals surface area contributed by atoms with Gasteiger partial charge in [-0.15, -0.1) is 12.4 Å². The monoisotopic (exact) mass is 372 g/mol. The van der Waals surface area contributed by atoms with E-state index >= 15 is 0 Å². The quantitative estimate of drug-likeness (QED) is 0.673. The van der Waals surface area contributed by atoms with Crippen LogP contribution in [0, 0.1) is 0 Å². The Morgan fingerprint density at radius 3 is 2.44 bits per heavy atom. The minimum atomic E-state index is 0. The second kappa shape index (κ2) is 12.0. The lowest BCUT2D eigenvalue weighted by Gasteiger charge is -2.32. The third kappa shape index (κ3) is 7.10. The van der Waals surface area contributed by atoms with Crippen LogP contribution < -0.4 is 15.2 Å². The van der Waals surface area contributed by atoms with Crippen molar-refractivity contribution in [2.45, 2.75) is 32.3 Å². The summed E-state index contributed by atoms with van der Waals surface area (Å²) in [5.74, 6) is 1.27. The number of carbonyl (C=O) groups is 1. The van der Waals surface area contributed by atoms with Crippen molar-refractivity contribution in [2.24, 2.45) is 5.73 Å². The molecule has 0 aliphatic carbocycles. The van der Waals surface area contributed by atoms with Gasteiger partial charge in [0, 0.05) is 19.7 Å². The van der Waals surface area contributed by atoms with Gasteiger partial charge < -0.3 is 24.8 Å². The first-order valence-corrected chi connectivity index (χ1v) is 8.68. The Labute approximate surface area is 156 Å². The summed E-state index contributed by atoms with van der Waals surface area (Å²) in [6.07, 6.45) is 2.85. The number of nitrogens with two attached hydrogens (primary N) is 1. The first-order valence-electron chi connectivity index (χ1n) is 8.68. The SMILES string of the molecule is CCOc1ccccc1OCC(=O)N1CCC(OCCCN)CC1.Cl. The molecule has 0 unspecified atom stereocenters. The topological polar surface area (TPSA) is 74.0 Å². The molecule has 1 fully saturated rings. The maximum absolute atomic E-state index is 12.3. The smallest absolute Gasteiger partial charge is 0.260 e. The maximum atomic E-state index is 12.3. The number of rotatable bonds is 9. The van der Waals surface area contributed by atoms with Gasteiger partial charge >= 0.3 is 0 Å². The fraction of sp³-hybridized carbons (Fsp3) is 0.611. The summed E-state index contributed by atoms with van der Waals surface area (Å²) >= 11 is 0. The van der Waals surface area contributed by atoms with Crippen LogP contribution in [0.3, 0.4) is 0 Å². The molecule has 7 heteroatoms. The number of para-hydroxylation sites is 2. The Bertz CT molecular complexity index is 508. The van der Waals surface area contributed by atoms with Crippen molar-refractivity contribution in [3.8, 4) is 11.5 Å². The lowest BCUT2D eigenvalue weighted by Crippen LogP contribution is -2.43. The van der Waals surface area contributed by atoms with Gasteiger partial charge in [0.2, 0.25) is 0 Å². The predicted molar refractivity (Wildman–Crippen MR) is 99.6 cm³/mol. The van der Waals surface area contributed by atoms with E-state index in [0.717, 1.165) is 19.3 Å². The van der Waals surface area contributed by atoms with Crippen LogP contribution in [0.4, 0.5) is 0 Å². The number of benzene rings is 1. The molecule has 1 aliphatic heterocycles. The van der Waals surface area contributed by atoms with Gasteiger partial charge in [0.15, 0.2) is 18.1 Å². The zero-order valence-electron chi connectivity index (χ0n) is 14.8. The average molecular weight is 373 g/mol. The summed E-state index contributed by atoms with van der Waals surface area (Å²) in [7, 11) is 0. The molecule has 0 atom stereocenters. The molecule has 0 aromatic heterocycles. The van der Waals surface area contributed by atoms with Crippen molar-refractivity contribution >= 4 is 18.3 Å². The van der Waals surface area contributed by atoms with Crippen LogP contribution >= 0.6 is 12.4 Å². The van der Waals surface area contributed by atoms with Crippen LogP contribution in [0.5, 0.6) is 11.5 Å². The van der Waals surface area contributed by atoms with Crippen molar-refractivity contribution in [1.82, 2.24) is 4.90 Å². The molecule has 1 aromatic rings. The first-order chi connectivity index (χ1) is 11.7. The van der Waals surface area contributed by atoms with E-state index in [1.165, 1.54) is 0 Å². The van der Waals surface area contributed by atoms with E-state index in [1.54, 1.807) is 0 Å². The highest BCUT2D eigenvalue weighted by Crippen LogP contribution is 2.26. The Balaban J connectivity index is 0.00000312. The van der Waals surface area contributed by atoms with Crippen molar-refractivity contribution in [2.75, 3.05) is 39.5 Å². The number of amides is 1. The van der Waals surface area contributed by atoms with Crippen molar-refractivity contribution < 1.29 is 19.0 Å². The van der Waals surface area contributed by atoms with E-state index in [2.05, 4.69) is 0 Å². The van der Waals surface area contributed by atoms with Gasteiger partial charge in [-0.1, -0.05) is 12.1 Å². The van der Waals surface area contributed by atoms with Crippen LogP contribution in [-0.2, 0) is 9.53 Å². The summed E-state index contributed by atoms with van der Waals surface area (Å²) in [6, 6.07) is 7.41. The number of ether oxygens (including phenoxy) is 3. The molecule has 0 bridgehead atoms. The first kappa shape index (κ1) is 21.5. The van der Waals surface area contributed by atoms with Crippen molar-refractivity contribution in [1.29, 1.82) is 0 Å². The van der Waals surface area contributed by atoms with Gasteiger partial charge in [0.1, 0.15) is 0 Å². The fourth-order valence-corrected chi connectivity index (χ4v) is 2.68. The minimum Gasteiger partial charge on any atom is -0.490 e. The van der Waals surface area contributed by atoms with Gasteiger partial charge in [-0.25, -0.2) is 0 Å². The molecule has 1 heterocycles.